The van der Waals surface area contributed by atoms with Crippen molar-refractivity contribution >= 4 is 11.9 Å². The maximum atomic E-state index is 13.7. The van der Waals surface area contributed by atoms with Gasteiger partial charge in [-0.15, -0.1) is 0 Å². The number of carboxylic acid groups (broad SMARTS) is 1. The zero-order valence-electron chi connectivity index (χ0n) is 12.0. The number of halogens is 2. The molecular weight excluding hydrogens is 292 g/mol. The number of carbonyl (C=O) groups excluding carboxylic acids is 1. The highest BCUT2D eigenvalue weighted by Crippen LogP contribution is 2.49. The molecule has 1 aromatic rings. The van der Waals surface area contributed by atoms with E-state index in [-0.39, 0.29) is 23.7 Å². The zero-order chi connectivity index (χ0) is 15.9. The summed E-state index contributed by atoms with van der Waals surface area (Å²) in [4.78, 5) is 25.0. The summed E-state index contributed by atoms with van der Waals surface area (Å²) in [5.74, 6) is -2.92. The van der Waals surface area contributed by atoms with E-state index in [1.54, 1.807) is 4.90 Å². The van der Waals surface area contributed by atoms with Crippen LogP contribution in [0.5, 0.6) is 0 Å². The molecule has 1 saturated carbocycles. The Morgan fingerprint density at radius 1 is 1.18 bits per heavy atom. The van der Waals surface area contributed by atoms with Gasteiger partial charge in [0.05, 0.1) is 5.92 Å². The molecule has 1 aliphatic carbocycles. The van der Waals surface area contributed by atoms with E-state index >= 15 is 0 Å². The van der Waals surface area contributed by atoms with Crippen LogP contribution in [-0.2, 0) is 9.59 Å². The Bertz CT molecular complexity index is 611. The van der Waals surface area contributed by atoms with Gasteiger partial charge in [-0.05, 0) is 36.8 Å². The molecule has 1 aliphatic heterocycles. The quantitative estimate of drug-likeness (QED) is 0.932. The van der Waals surface area contributed by atoms with E-state index in [9.17, 15) is 18.4 Å². The predicted molar refractivity (Wildman–Crippen MR) is 74.1 cm³/mol. The highest BCUT2D eigenvalue weighted by atomic mass is 19.1. The Hall–Kier alpha value is -1.98. The first-order chi connectivity index (χ1) is 10.5. The SMILES string of the molecule is O=C(O)C1CCN(C(=O)[C@H]2C[C@@H]2c2ccc(F)cc2F)CC1. The zero-order valence-corrected chi connectivity index (χ0v) is 12.0. The van der Waals surface area contributed by atoms with Crippen molar-refractivity contribution in [3.8, 4) is 0 Å². The van der Waals surface area contributed by atoms with Gasteiger partial charge in [0.15, 0.2) is 0 Å². The Balaban J connectivity index is 1.60. The first kappa shape index (κ1) is 14.9. The molecule has 6 heteroatoms. The van der Waals surface area contributed by atoms with Crippen molar-refractivity contribution < 1.29 is 23.5 Å². The van der Waals surface area contributed by atoms with Crippen molar-refractivity contribution in [1.29, 1.82) is 0 Å². The molecule has 1 aromatic carbocycles. The molecule has 0 unspecified atom stereocenters. The van der Waals surface area contributed by atoms with Gasteiger partial charge in [0.2, 0.25) is 5.91 Å². The lowest BCUT2D eigenvalue weighted by molar-refractivity contribution is -0.146. The molecule has 0 radical (unpaired) electrons. The molecule has 1 N–H and O–H groups in total. The molecule has 2 aliphatic rings. The number of piperidine rings is 1. The van der Waals surface area contributed by atoms with Crippen LogP contribution in [0.1, 0.15) is 30.7 Å². The second-order valence-corrected chi connectivity index (χ2v) is 6.05. The Kier molecular flexibility index (Phi) is 3.85. The largest absolute Gasteiger partial charge is 0.481 e. The normalized spacial score (nSPS) is 25.1. The van der Waals surface area contributed by atoms with Crippen molar-refractivity contribution in [3.05, 3.63) is 35.4 Å². The van der Waals surface area contributed by atoms with E-state index < -0.39 is 17.6 Å². The number of amides is 1. The van der Waals surface area contributed by atoms with Crippen molar-refractivity contribution in [2.24, 2.45) is 11.8 Å². The van der Waals surface area contributed by atoms with Crippen LogP contribution in [0, 0.1) is 23.5 Å². The summed E-state index contributed by atoms with van der Waals surface area (Å²) in [5, 5.41) is 8.95. The van der Waals surface area contributed by atoms with Crippen molar-refractivity contribution in [3.63, 3.8) is 0 Å². The van der Waals surface area contributed by atoms with Crippen LogP contribution in [0.15, 0.2) is 18.2 Å². The summed E-state index contributed by atoms with van der Waals surface area (Å²) in [5.41, 5.74) is 0.389. The number of aliphatic carboxylic acids is 1. The van der Waals surface area contributed by atoms with Crippen LogP contribution in [0.2, 0.25) is 0 Å². The fraction of sp³-hybridized carbons (Fsp3) is 0.500. The molecule has 1 saturated heterocycles. The Morgan fingerprint density at radius 3 is 2.45 bits per heavy atom. The minimum absolute atomic E-state index is 0.0439. The topological polar surface area (TPSA) is 57.6 Å². The molecule has 1 amide bonds. The number of rotatable bonds is 3. The van der Waals surface area contributed by atoms with Crippen LogP contribution in [-0.4, -0.2) is 35.0 Å². The fourth-order valence-corrected chi connectivity index (χ4v) is 3.20. The van der Waals surface area contributed by atoms with E-state index in [0.717, 1.165) is 6.07 Å². The van der Waals surface area contributed by atoms with Gasteiger partial charge in [-0.3, -0.25) is 9.59 Å². The van der Waals surface area contributed by atoms with Gasteiger partial charge in [-0.1, -0.05) is 6.07 Å². The summed E-state index contributed by atoms with van der Waals surface area (Å²) in [6.07, 6.45) is 1.49. The van der Waals surface area contributed by atoms with Crippen molar-refractivity contribution in [1.82, 2.24) is 4.90 Å². The summed E-state index contributed by atoms with van der Waals surface area (Å²) < 4.78 is 26.6. The summed E-state index contributed by atoms with van der Waals surface area (Å²) in [6.45, 7) is 0.871. The number of benzene rings is 1. The van der Waals surface area contributed by atoms with Gasteiger partial charge < -0.3 is 10.0 Å². The van der Waals surface area contributed by atoms with Crippen molar-refractivity contribution in [2.75, 3.05) is 13.1 Å². The highest BCUT2D eigenvalue weighted by molar-refractivity contribution is 5.83. The van der Waals surface area contributed by atoms with Crippen molar-refractivity contribution in [2.45, 2.75) is 25.2 Å². The van der Waals surface area contributed by atoms with Gasteiger partial charge in [0.25, 0.3) is 0 Å². The van der Waals surface area contributed by atoms with Gasteiger partial charge in [-0.25, -0.2) is 8.78 Å². The lowest BCUT2D eigenvalue weighted by Crippen LogP contribution is -2.41. The third-order valence-electron chi connectivity index (χ3n) is 4.63. The lowest BCUT2D eigenvalue weighted by Gasteiger charge is -2.30. The van der Waals surface area contributed by atoms with E-state index in [4.69, 9.17) is 5.11 Å². The van der Waals surface area contributed by atoms with E-state index in [2.05, 4.69) is 0 Å². The van der Waals surface area contributed by atoms with Crippen LogP contribution in [0.25, 0.3) is 0 Å². The smallest absolute Gasteiger partial charge is 0.306 e. The summed E-state index contributed by atoms with van der Waals surface area (Å²) in [6, 6.07) is 3.45. The van der Waals surface area contributed by atoms with E-state index in [1.165, 1.54) is 12.1 Å². The number of likely N-dealkylation sites (tertiary alicyclic amines) is 1. The molecule has 2 atom stereocenters. The maximum absolute atomic E-state index is 13.7. The van der Waals surface area contributed by atoms with Gasteiger partial charge in [0, 0.05) is 25.1 Å². The second kappa shape index (κ2) is 5.66. The van der Waals surface area contributed by atoms with Gasteiger partial charge in [-0.2, -0.15) is 0 Å². The molecule has 2 fully saturated rings. The second-order valence-electron chi connectivity index (χ2n) is 6.05. The minimum Gasteiger partial charge on any atom is -0.481 e. The first-order valence-corrected chi connectivity index (χ1v) is 7.44. The molecule has 4 nitrogen and oxygen atoms in total. The number of hydrogen-bond donors (Lipinski definition) is 1. The minimum atomic E-state index is -0.815. The highest BCUT2D eigenvalue weighted by Gasteiger charge is 2.47. The van der Waals surface area contributed by atoms with Crippen LogP contribution >= 0.6 is 0 Å². The number of carboxylic acids is 1. The Labute approximate surface area is 126 Å². The molecular formula is C16H17F2NO3. The summed E-state index contributed by atoms with van der Waals surface area (Å²) >= 11 is 0. The van der Waals surface area contributed by atoms with Gasteiger partial charge in [0.1, 0.15) is 11.6 Å². The van der Waals surface area contributed by atoms with Gasteiger partial charge >= 0.3 is 5.97 Å². The van der Waals surface area contributed by atoms with E-state index in [0.29, 0.717) is 37.9 Å². The van der Waals surface area contributed by atoms with Crippen LogP contribution < -0.4 is 0 Å². The van der Waals surface area contributed by atoms with E-state index in [1.807, 2.05) is 0 Å². The van der Waals surface area contributed by atoms with Crippen LogP contribution in [0.3, 0.4) is 0 Å². The molecule has 0 aromatic heterocycles. The molecule has 0 spiro atoms. The predicted octanol–water partition coefficient (Wildman–Crippen LogP) is 2.39. The monoisotopic (exact) mass is 309 g/mol. The molecule has 3 rings (SSSR count). The standard InChI is InChI=1S/C16H17F2NO3/c17-10-1-2-11(14(18)7-10)12-8-13(12)15(20)19-5-3-9(4-6-19)16(21)22/h1-2,7,9,12-13H,3-6,8H2,(H,21,22)/t12-,13+/m1/s1. The average Bonchev–Trinajstić information content (AvgIpc) is 3.27. The number of hydrogen-bond acceptors (Lipinski definition) is 2. The molecule has 0 bridgehead atoms. The third kappa shape index (κ3) is 2.82. The molecule has 1 heterocycles. The fourth-order valence-electron chi connectivity index (χ4n) is 3.20. The maximum Gasteiger partial charge on any atom is 0.306 e. The third-order valence-corrected chi connectivity index (χ3v) is 4.63. The van der Waals surface area contributed by atoms with Crippen LogP contribution in [0.4, 0.5) is 8.78 Å². The average molecular weight is 309 g/mol. The number of carbonyl (C=O) groups is 2. The molecule has 118 valence electrons. The summed E-state index contributed by atoms with van der Waals surface area (Å²) in [7, 11) is 0. The Morgan fingerprint density at radius 2 is 1.86 bits per heavy atom. The number of nitrogens with zero attached hydrogens (tertiary/aromatic N) is 1. The first-order valence-electron chi connectivity index (χ1n) is 7.44. The molecule has 22 heavy (non-hydrogen) atoms. The lowest BCUT2D eigenvalue weighted by atomic mass is 9.96.